The second kappa shape index (κ2) is 4.49. The van der Waals surface area contributed by atoms with Crippen LogP contribution in [0.3, 0.4) is 0 Å². The van der Waals surface area contributed by atoms with Gasteiger partial charge in [-0.3, -0.25) is 0 Å². The fraction of sp³-hybridized carbons (Fsp3) is 1.00. The average Bonchev–Trinajstić information content (AvgIpc) is 1.82. The van der Waals surface area contributed by atoms with Gasteiger partial charge in [0.1, 0.15) is 0 Å². The summed E-state index contributed by atoms with van der Waals surface area (Å²) in [5.74, 6) is 2.42. The van der Waals surface area contributed by atoms with E-state index >= 15 is 0 Å². The highest BCUT2D eigenvalue weighted by Gasteiger charge is 2.23. The van der Waals surface area contributed by atoms with Crippen molar-refractivity contribution in [1.29, 1.82) is 0 Å². The molecule has 2 N–H and O–H groups in total. The summed E-state index contributed by atoms with van der Waals surface area (Å²) in [6, 6.07) is 0.651. The van der Waals surface area contributed by atoms with Gasteiger partial charge in [0, 0.05) is 24.1 Å². The predicted molar refractivity (Wildman–Crippen MR) is 54.6 cm³/mol. The molecule has 1 aliphatic rings. The van der Waals surface area contributed by atoms with Crippen LogP contribution in [0.15, 0.2) is 0 Å². The molecule has 1 rings (SSSR count). The first-order valence-corrected chi connectivity index (χ1v) is 5.83. The first-order chi connectivity index (χ1) is 5.64. The summed E-state index contributed by atoms with van der Waals surface area (Å²) in [7, 11) is 0. The molecule has 0 aromatic rings. The third-order valence-corrected chi connectivity index (χ3v) is 3.47. The first-order valence-electron chi connectivity index (χ1n) is 4.67. The molecule has 1 aliphatic heterocycles. The number of thioether (sulfide) groups is 1. The van der Waals surface area contributed by atoms with Crippen molar-refractivity contribution >= 4 is 11.8 Å². The third kappa shape index (κ3) is 3.33. The van der Waals surface area contributed by atoms with Crippen molar-refractivity contribution in [2.45, 2.75) is 38.3 Å². The van der Waals surface area contributed by atoms with Crippen LogP contribution in [-0.4, -0.2) is 34.8 Å². The van der Waals surface area contributed by atoms with Crippen molar-refractivity contribution in [2.75, 3.05) is 18.1 Å². The van der Waals surface area contributed by atoms with Crippen LogP contribution in [0.5, 0.6) is 0 Å². The van der Waals surface area contributed by atoms with Crippen molar-refractivity contribution in [2.24, 2.45) is 0 Å². The Kier molecular flexibility index (Phi) is 3.87. The minimum Gasteiger partial charge on any atom is -0.389 e. The van der Waals surface area contributed by atoms with E-state index in [-0.39, 0.29) is 0 Å². The van der Waals surface area contributed by atoms with E-state index in [4.69, 9.17) is 0 Å². The van der Waals surface area contributed by atoms with E-state index in [0.29, 0.717) is 6.04 Å². The van der Waals surface area contributed by atoms with Crippen LogP contribution in [0.2, 0.25) is 0 Å². The first kappa shape index (κ1) is 10.4. The summed E-state index contributed by atoms with van der Waals surface area (Å²) < 4.78 is 0. The summed E-state index contributed by atoms with van der Waals surface area (Å²) in [5, 5.41) is 13.2. The number of aliphatic hydroxyl groups is 1. The van der Waals surface area contributed by atoms with Gasteiger partial charge in [-0.2, -0.15) is 11.8 Å². The summed E-state index contributed by atoms with van der Waals surface area (Å²) >= 11 is 1.96. The van der Waals surface area contributed by atoms with Gasteiger partial charge in [0.25, 0.3) is 0 Å². The van der Waals surface area contributed by atoms with Crippen LogP contribution in [-0.2, 0) is 0 Å². The Balaban J connectivity index is 2.10. The van der Waals surface area contributed by atoms with Crippen LogP contribution < -0.4 is 5.32 Å². The Morgan fingerprint density at radius 1 is 1.58 bits per heavy atom. The lowest BCUT2D eigenvalue weighted by atomic mass is 10.0. The van der Waals surface area contributed by atoms with E-state index in [1.807, 2.05) is 18.7 Å². The van der Waals surface area contributed by atoms with Gasteiger partial charge in [-0.25, -0.2) is 0 Å². The molecule has 0 bridgehead atoms. The highest BCUT2D eigenvalue weighted by molar-refractivity contribution is 8.00. The Morgan fingerprint density at radius 2 is 2.25 bits per heavy atom. The monoisotopic (exact) mass is 189 g/mol. The molecule has 1 saturated heterocycles. The van der Waals surface area contributed by atoms with Crippen molar-refractivity contribution in [1.82, 2.24) is 5.32 Å². The van der Waals surface area contributed by atoms with E-state index in [0.717, 1.165) is 19.4 Å². The van der Waals surface area contributed by atoms with Crippen LogP contribution >= 0.6 is 11.8 Å². The molecule has 1 heterocycles. The van der Waals surface area contributed by atoms with Gasteiger partial charge < -0.3 is 10.4 Å². The normalized spacial score (nSPS) is 23.2. The topological polar surface area (TPSA) is 32.3 Å². The van der Waals surface area contributed by atoms with Crippen LogP contribution in [0.4, 0.5) is 0 Å². The minimum atomic E-state index is -0.505. The molecule has 0 radical (unpaired) electrons. The Bertz CT molecular complexity index is 134. The quantitative estimate of drug-likeness (QED) is 0.682. The molecule has 3 heteroatoms. The molecule has 12 heavy (non-hydrogen) atoms. The molecular weight excluding hydrogens is 170 g/mol. The fourth-order valence-electron chi connectivity index (χ4n) is 1.34. The van der Waals surface area contributed by atoms with Crippen molar-refractivity contribution in [3.05, 3.63) is 0 Å². The third-order valence-electron chi connectivity index (χ3n) is 2.20. The Hall–Kier alpha value is 0.270. The molecule has 1 fully saturated rings. The van der Waals surface area contributed by atoms with Crippen molar-refractivity contribution in [3.63, 3.8) is 0 Å². The Morgan fingerprint density at radius 3 is 2.67 bits per heavy atom. The highest BCUT2D eigenvalue weighted by atomic mass is 32.2. The predicted octanol–water partition coefficient (Wildman–Crippen LogP) is 1.24. The summed E-state index contributed by atoms with van der Waals surface area (Å²) in [4.78, 5) is 0. The van der Waals surface area contributed by atoms with E-state index in [9.17, 15) is 5.11 Å². The zero-order chi connectivity index (χ0) is 9.03. The zero-order valence-corrected chi connectivity index (χ0v) is 8.78. The highest BCUT2D eigenvalue weighted by Crippen LogP contribution is 2.18. The smallest absolute Gasteiger partial charge is 0.0743 e. The van der Waals surface area contributed by atoms with Gasteiger partial charge >= 0.3 is 0 Å². The molecule has 0 aromatic heterocycles. The van der Waals surface area contributed by atoms with Gasteiger partial charge in [0.05, 0.1) is 5.60 Å². The van der Waals surface area contributed by atoms with E-state index in [1.54, 1.807) is 0 Å². The van der Waals surface area contributed by atoms with Gasteiger partial charge in [0.15, 0.2) is 0 Å². The Labute approximate surface area is 79.1 Å². The second-order valence-electron chi connectivity index (χ2n) is 3.86. The molecule has 0 amide bonds. The lowest BCUT2D eigenvalue weighted by Crippen LogP contribution is -2.47. The zero-order valence-electron chi connectivity index (χ0n) is 7.97. The molecule has 0 saturated carbocycles. The largest absolute Gasteiger partial charge is 0.389 e. The summed E-state index contributed by atoms with van der Waals surface area (Å²) in [6.45, 7) is 4.76. The maximum absolute atomic E-state index is 9.81. The van der Waals surface area contributed by atoms with Crippen molar-refractivity contribution in [3.8, 4) is 0 Å². The molecular formula is C9H19NOS. The van der Waals surface area contributed by atoms with E-state index in [2.05, 4.69) is 12.2 Å². The molecule has 0 aromatic carbocycles. The SMILES string of the molecule is CCCC(C)(O)CNC1CSC1. The average molecular weight is 189 g/mol. The summed E-state index contributed by atoms with van der Waals surface area (Å²) in [6.07, 6.45) is 1.94. The van der Waals surface area contributed by atoms with Crippen molar-refractivity contribution < 1.29 is 5.11 Å². The fourth-order valence-corrected chi connectivity index (χ4v) is 2.05. The van der Waals surface area contributed by atoms with Gasteiger partial charge in [0.2, 0.25) is 0 Å². The lowest BCUT2D eigenvalue weighted by molar-refractivity contribution is 0.0482. The maximum Gasteiger partial charge on any atom is 0.0743 e. The molecule has 2 nitrogen and oxygen atoms in total. The number of rotatable bonds is 5. The maximum atomic E-state index is 9.81. The van der Waals surface area contributed by atoms with Crippen LogP contribution in [0.1, 0.15) is 26.7 Å². The standard InChI is InChI=1S/C9H19NOS/c1-3-4-9(2,11)7-10-8-5-12-6-8/h8,10-11H,3-7H2,1-2H3. The second-order valence-corrected chi connectivity index (χ2v) is 4.94. The number of hydrogen-bond acceptors (Lipinski definition) is 3. The van der Waals surface area contributed by atoms with Gasteiger partial charge in [-0.15, -0.1) is 0 Å². The molecule has 72 valence electrons. The molecule has 1 unspecified atom stereocenters. The summed E-state index contributed by atoms with van der Waals surface area (Å²) in [5.41, 5.74) is -0.505. The lowest BCUT2D eigenvalue weighted by Gasteiger charge is -2.31. The van der Waals surface area contributed by atoms with Crippen LogP contribution in [0, 0.1) is 0 Å². The minimum absolute atomic E-state index is 0.505. The molecule has 0 spiro atoms. The van der Waals surface area contributed by atoms with E-state index in [1.165, 1.54) is 11.5 Å². The number of nitrogens with one attached hydrogen (secondary N) is 1. The van der Waals surface area contributed by atoms with Gasteiger partial charge in [-0.05, 0) is 13.3 Å². The molecule has 1 atom stereocenters. The van der Waals surface area contributed by atoms with E-state index < -0.39 is 5.60 Å². The molecule has 0 aliphatic carbocycles. The van der Waals surface area contributed by atoms with Crippen LogP contribution in [0.25, 0.3) is 0 Å². The number of hydrogen-bond donors (Lipinski definition) is 2. The van der Waals surface area contributed by atoms with Gasteiger partial charge in [-0.1, -0.05) is 13.3 Å².